The number of benzene rings is 1. The molecule has 0 aliphatic heterocycles. The van der Waals surface area contributed by atoms with Crippen molar-refractivity contribution in [3.8, 4) is 0 Å². The van der Waals surface area contributed by atoms with Crippen molar-refractivity contribution in [1.82, 2.24) is 21.1 Å². The second kappa shape index (κ2) is 13.2. The molecule has 1 amide bonds. The molecule has 7 nitrogen and oxygen atoms in total. The fourth-order valence-corrected chi connectivity index (χ4v) is 2.93. The number of hydrogen-bond donors (Lipinski definition) is 3. The number of rotatable bonds is 9. The Kier molecular flexibility index (Phi) is 11.3. The number of guanidine groups is 1. The van der Waals surface area contributed by atoms with Crippen LogP contribution in [0.15, 0.2) is 39.8 Å². The average molecular weight is 513 g/mol. The summed E-state index contributed by atoms with van der Waals surface area (Å²) in [4.78, 5) is 16.0. The Morgan fingerprint density at radius 3 is 2.31 bits per heavy atom. The molecule has 2 aromatic rings. The van der Waals surface area contributed by atoms with Crippen LogP contribution in [0.25, 0.3) is 0 Å². The van der Waals surface area contributed by atoms with Crippen molar-refractivity contribution in [1.29, 1.82) is 0 Å². The lowest BCUT2D eigenvalue weighted by atomic mass is 9.99. The number of carbonyl (C=O) groups excluding carboxylic acids is 1. The molecule has 0 unspecified atom stereocenters. The molecule has 2 rings (SSSR count). The lowest BCUT2D eigenvalue weighted by Crippen LogP contribution is -2.36. The van der Waals surface area contributed by atoms with Gasteiger partial charge < -0.3 is 20.5 Å². The molecular formula is C21H32IN5O2. The molecule has 0 radical (unpaired) electrons. The largest absolute Gasteiger partial charge is 0.359 e. The van der Waals surface area contributed by atoms with E-state index in [1.165, 1.54) is 0 Å². The van der Waals surface area contributed by atoms with Gasteiger partial charge in [-0.1, -0.05) is 31.1 Å². The summed E-state index contributed by atoms with van der Waals surface area (Å²) in [5.41, 5.74) is 2.73. The van der Waals surface area contributed by atoms with E-state index in [0.717, 1.165) is 29.9 Å². The Hall–Kier alpha value is -2.10. The first-order chi connectivity index (χ1) is 13.6. The van der Waals surface area contributed by atoms with Crippen molar-refractivity contribution >= 4 is 35.8 Å². The van der Waals surface area contributed by atoms with E-state index in [1.807, 2.05) is 37.3 Å². The monoisotopic (exact) mass is 513 g/mol. The van der Waals surface area contributed by atoms with Crippen LogP contribution in [0.1, 0.15) is 66.9 Å². The Morgan fingerprint density at radius 1 is 1.07 bits per heavy atom. The smallest absolute Gasteiger partial charge is 0.251 e. The molecule has 0 spiro atoms. The molecular weight excluding hydrogens is 481 g/mol. The standard InChI is InChI=1S/C21H31N5O2.HI/c1-5-16(6-2)19-12-18(28-26-19)14-25-21(22-4)24-13-15-8-10-17(11-9-15)20(27)23-7-3;/h8-12,16H,5-7,13-14H2,1-4H3,(H,23,27)(H2,22,24,25);1H. The van der Waals surface area contributed by atoms with Crippen LogP contribution in [0.2, 0.25) is 0 Å². The van der Waals surface area contributed by atoms with Gasteiger partial charge >= 0.3 is 0 Å². The maximum absolute atomic E-state index is 11.8. The van der Waals surface area contributed by atoms with E-state index < -0.39 is 0 Å². The maximum Gasteiger partial charge on any atom is 0.251 e. The van der Waals surface area contributed by atoms with Gasteiger partial charge in [0, 0.05) is 37.7 Å². The van der Waals surface area contributed by atoms with Crippen LogP contribution in [-0.2, 0) is 13.1 Å². The van der Waals surface area contributed by atoms with Crippen molar-refractivity contribution in [3.05, 3.63) is 52.9 Å². The Labute approximate surface area is 190 Å². The van der Waals surface area contributed by atoms with Crippen LogP contribution in [0, 0.1) is 0 Å². The maximum atomic E-state index is 11.8. The first-order valence-corrected chi connectivity index (χ1v) is 9.88. The molecule has 0 saturated heterocycles. The number of halogens is 1. The number of aromatic nitrogens is 1. The number of nitrogens with zero attached hydrogens (tertiary/aromatic N) is 2. The summed E-state index contributed by atoms with van der Waals surface area (Å²) in [5, 5.41) is 13.5. The summed E-state index contributed by atoms with van der Waals surface area (Å²) in [6.07, 6.45) is 2.11. The summed E-state index contributed by atoms with van der Waals surface area (Å²) >= 11 is 0. The number of amides is 1. The molecule has 0 atom stereocenters. The molecule has 3 N–H and O–H groups in total. The van der Waals surface area contributed by atoms with Crippen LogP contribution < -0.4 is 16.0 Å². The fourth-order valence-electron chi connectivity index (χ4n) is 2.93. The van der Waals surface area contributed by atoms with Crippen molar-refractivity contribution < 1.29 is 9.32 Å². The van der Waals surface area contributed by atoms with Crippen molar-refractivity contribution in [2.24, 2.45) is 4.99 Å². The molecule has 8 heteroatoms. The van der Waals surface area contributed by atoms with Gasteiger partial charge in [-0.05, 0) is 37.5 Å². The molecule has 0 bridgehead atoms. The van der Waals surface area contributed by atoms with Gasteiger partial charge in [0.15, 0.2) is 11.7 Å². The number of aliphatic imine (C=N–C) groups is 1. The summed E-state index contributed by atoms with van der Waals surface area (Å²) in [7, 11) is 1.73. The Morgan fingerprint density at radius 2 is 1.72 bits per heavy atom. The summed E-state index contributed by atoms with van der Waals surface area (Å²) in [5.74, 6) is 1.85. The normalized spacial score (nSPS) is 11.1. The topological polar surface area (TPSA) is 91.5 Å². The third kappa shape index (κ3) is 7.68. The van der Waals surface area contributed by atoms with Gasteiger partial charge in [0.2, 0.25) is 0 Å². The van der Waals surface area contributed by atoms with Gasteiger partial charge in [0.05, 0.1) is 12.2 Å². The first-order valence-electron chi connectivity index (χ1n) is 9.88. The van der Waals surface area contributed by atoms with E-state index >= 15 is 0 Å². The average Bonchev–Trinajstić information content (AvgIpc) is 3.18. The quantitative estimate of drug-likeness (QED) is 0.270. The third-order valence-corrected chi connectivity index (χ3v) is 4.65. The fraction of sp³-hybridized carbons (Fsp3) is 0.476. The highest BCUT2D eigenvalue weighted by molar-refractivity contribution is 14.0. The zero-order valence-corrected chi connectivity index (χ0v) is 19.9. The molecule has 0 fully saturated rings. The van der Waals surface area contributed by atoms with Gasteiger partial charge in [0.1, 0.15) is 0 Å². The number of carbonyl (C=O) groups is 1. The molecule has 1 heterocycles. The summed E-state index contributed by atoms with van der Waals surface area (Å²) in [6, 6.07) is 9.53. The van der Waals surface area contributed by atoms with E-state index in [0.29, 0.717) is 37.1 Å². The van der Waals surface area contributed by atoms with Gasteiger partial charge in [0.25, 0.3) is 5.91 Å². The van der Waals surface area contributed by atoms with Crippen molar-refractivity contribution in [2.75, 3.05) is 13.6 Å². The summed E-state index contributed by atoms with van der Waals surface area (Å²) in [6.45, 7) is 7.97. The van der Waals surface area contributed by atoms with Gasteiger partial charge in [-0.25, -0.2) is 0 Å². The van der Waals surface area contributed by atoms with E-state index in [9.17, 15) is 4.79 Å². The second-order valence-electron chi connectivity index (χ2n) is 6.57. The van der Waals surface area contributed by atoms with Crippen molar-refractivity contribution in [3.63, 3.8) is 0 Å². The minimum atomic E-state index is -0.0562. The van der Waals surface area contributed by atoms with Crippen LogP contribution >= 0.6 is 24.0 Å². The van der Waals surface area contributed by atoms with Crippen LogP contribution in [0.3, 0.4) is 0 Å². The van der Waals surface area contributed by atoms with Gasteiger partial charge in [-0.3, -0.25) is 9.79 Å². The number of hydrogen-bond acceptors (Lipinski definition) is 4. The molecule has 1 aromatic heterocycles. The van der Waals surface area contributed by atoms with E-state index in [-0.39, 0.29) is 29.9 Å². The highest BCUT2D eigenvalue weighted by atomic mass is 127. The molecule has 0 aliphatic carbocycles. The lowest BCUT2D eigenvalue weighted by molar-refractivity contribution is 0.0956. The predicted molar refractivity (Wildman–Crippen MR) is 127 cm³/mol. The predicted octanol–water partition coefficient (Wildman–Crippen LogP) is 3.81. The molecule has 160 valence electrons. The SMILES string of the molecule is CCNC(=O)c1ccc(CNC(=NC)NCc2cc(C(CC)CC)no2)cc1.I. The molecule has 0 aliphatic rings. The van der Waals surface area contributed by atoms with E-state index in [4.69, 9.17) is 4.52 Å². The second-order valence-corrected chi connectivity index (χ2v) is 6.57. The van der Waals surface area contributed by atoms with Gasteiger partial charge in [-0.2, -0.15) is 0 Å². The minimum absolute atomic E-state index is 0. The molecule has 0 saturated carbocycles. The highest BCUT2D eigenvalue weighted by Gasteiger charge is 2.13. The molecule has 29 heavy (non-hydrogen) atoms. The zero-order chi connectivity index (χ0) is 20.4. The van der Waals surface area contributed by atoms with E-state index in [2.05, 4.69) is 39.9 Å². The summed E-state index contributed by atoms with van der Waals surface area (Å²) < 4.78 is 5.43. The van der Waals surface area contributed by atoms with Crippen LogP contribution in [0.5, 0.6) is 0 Å². The zero-order valence-electron chi connectivity index (χ0n) is 17.6. The number of nitrogens with one attached hydrogen (secondary N) is 3. The highest BCUT2D eigenvalue weighted by Crippen LogP contribution is 2.22. The van der Waals surface area contributed by atoms with Gasteiger partial charge in [-0.15, -0.1) is 24.0 Å². The van der Waals surface area contributed by atoms with E-state index in [1.54, 1.807) is 7.05 Å². The lowest BCUT2D eigenvalue weighted by Gasteiger charge is -2.11. The van der Waals surface area contributed by atoms with Crippen LogP contribution in [-0.4, -0.2) is 30.6 Å². The molecule has 1 aromatic carbocycles. The third-order valence-electron chi connectivity index (χ3n) is 4.65. The Balaban J connectivity index is 0.00000420. The minimum Gasteiger partial charge on any atom is -0.359 e. The first kappa shape index (κ1) is 24.9. The van der Waals surface area contributed by atoms with Crippen molar-refractivity contribution in [2.45, 2.75) is 52.6 Å². The Bertz CT molecular complexity index is 770. The van der Waals surface area contributed by atoms with Crippen LogP contribution in [0.4, 0.5) is 0 Å².